The van der Waals surface area contributed by atoms with Gasteiger partial charge in [0.05, 0.1) is 12.1 Å². The summed E-state index contributed by atoms with van der Waals surface area (Å²) in [6.45, 7) is 1.88. The predicted octanol–water partition coefficient (Wildman–Crippen LogP) is 1.51. The second kappa shape index (κ2) is 3.91. The smallest absolute Gasteiger partial charge is 0.303 e. The van der Waals surface area contributed by atoms with Gasteiger partial charge in [-0.3, -0.25) is 4.79 Å². The quantitative estimate of drug-likeness (QED) is 0.880. The Morgan fingerprint density at radius 2 is 2.31 bits per heavy atom. The molecule has 0 aliphatic heterocycles. The minimum Gasteiger partial charge on any atom is -0.481 e. The van der Waals surface area contributed by atoms with Gasteiger partial charge in [0, 0.05) is 13.5 Å². The molecule has 1 aromatic rings. The first-order valence-electron chi connectivity index (χ1n) is 3.92. The molecule has 13 heavy (non-hydrogen) atoms. The fourth-order valence-corrected chi connectivity index (χ4v) is 1.58. The Bertz CT molecular complexity index is 333. The van der Waals surface area contributed by atoms with Gasteiger partial charge in [-0.05, 0) is 22.9 Å². The van der Waals surface area contributed by atoms with Crippen molar-refractivity contribution >= 4 is 21.9 Å². The van der Waals surface area contributed by atoms with Crippen LogP contribution in [0.1, 0.15) is 17.9 Å². The molecule has 4 nitrogen and oxygen atoms in total. The van der Waals surface area contributed by atoms with Gasteiger partial charge in [0.25, 0.3) is 0 Å². The summed E-state index contributed by atoms with van der Waals surface area (Å²) in [4.78, 5) is 14.6. The van der Waals surface area contributed by atoms with Gasteiger partial charge < -0.3 is 9.67 Å². The predicted molar refractivity (Wildman–Crippen MR) is 51.6 cm³/mol. The van der Waals surface area contributed by atoms with Crippen LogP contribution in [0.5, 0.6) is 0 Å². The van der Waals surface area contributed by atoms with Crippen LogP contribution in [0.4, 0.5) is 0 Å². The summed E-state index contributed by atoms with van der Waals surface area (Å²) < 4.78 is 2.75. The second-order valence-electron chi connectivity index (χ2n) is 2.85. The van der Waals surface area contributed by atoms with Gasteiger partial charge in [0.2, 0.25) is 0 Å². The van der Waals surface area contributed by atoms with Crippen LogP contribution in [0.15, 0.2) is 4.60 Å². The zero-order valence-corrected chi connectivity index (χ0v) is 9.13. The van der Waals surface area contributed by atoms with Crippen LogP contribution < -0.4 is 0 Å². The molecule has 1 aromatic heterocycles. The fourth-order valence-electron chi connectivity index (χ4n) is 1.04. The number of aliphatic carboxylic acids is 1. The molecule has 0 saturated heterocycles. The Balaban J connectivity index is 2.78. The van der Waals surface area contributed by atoms with E-state index in [1.807, 2.05) is 18.5 Å². The molecule has 0 fully saturated rings. The van der Waals surface area contributed by atoms with Crippen molar-refractivity contribution in [2.45, 2.75) is 19.8 Å². The molecule has 72 valence electrons. The molecule has 1 heterocycles. The zero-order chi connectivity index (χ0) is 10.0. The molecule has 0 atom stereocenters. The number of nitrogens with zero attached hydrogens (tertiary/aromatic N) is 2. The lowest BCUT2D eigenvalue weighted by Crippen LogP contribution is -1.98. The summed E-state index contributed by atoms with van der Waals surface area (Å²) in [7, 11) is 1.89. The van der Waals surface area contributed by atoms with E-state index in [0.717, 1.165) is 16.1 Å². The van der Waals surface area contributed by atoms with E-state index in [9.17, 15) is 4.79 Å². The van der Waals surface area contributed by atoms with E-state index in [2.05, 4.69) is 20.9 Å². The summed E-state index contributed by atoms with van der Waals surface area (Å²) in [6.07, 6.45) is 0.590. The number of halogens is 1. The number of carbonyl (C=O) groups is 1. The number of hydrogen-bond donors (Lipinski definition) is 1. The minimum atomic E-state index is -0.796. The molecule has 1 rings (SSSR count). The SMILES string of the molecule is Cc1nc(CCC(=O)O)c(Br)n1C. The number of rotatable bonds is 3. The van der Waals surface area contributed by atoms with Crippen LogP contribution in [0.2, 0.25) is 0 Å². The van der Waals surface area contributed by atoms with Crippen molar-refractivity contribution in [3.05, 3.63) is 16.1 Å². The minimum absolute atomic E-state index is 0.120. The third-order valence-electron chi connectivity index (χ3n) is 1.89. The van der Waals surface area contributed by atoms with Gasteiger partial charge in [-0.25, -0.2) is 4.98 Å². The number of aromatic nitrogens is 2. The number of carboxylic acids is 1. The molecule has 0 saturated carbocycles. The Morgan fingerprint density at radius 1 is 1.69 bits per heavy atom. The summed E-state index contributed by atoms with van der Waals surface area (Å²) >= 11 is 3.36. The Labute approximate surface area is 84.7 Å². The van der Waals surface area contributed by atoms with Crippen LogP contribution in [0.25, 0.3) is 0 Å². The van der Waals surface area contributed by atoms with Crippen molar-refractivity contribution < 1.29 is 9.90 Å². The summed E-state index contributed by atoms with van der Waals surface area (Å²) in [5.41, 5.74) is 0.808. The standard InChI is InChI=1S/C8H11BrN2O2/c1-5-10-6(3-4-7(12)13)8(9)11(5)2/h3-4H2,1-2H3,(H,12,13). The maximum Gasteiger partial charge on any atom is 0.303 e. The maximum absolute atomic E-state index is 10.3. The second-order valence-corrected chi connectivity index (χ2v) is 3.60. The monoisotopic (exact) mass is 246 g/mol. The zero-order valence-electron chi connectivity index (χ0n) is 7.54. The molecule has 0 aliphatic rings. The van der Waals surface area contributed by atoms with E-state index in [-0.39, 0.29) is 6.42 Å². The van der Waals surface area contributed by atoms with Gasteiger partial charge in [0.15, 0.2) is 0 Å². The van der Waals surface area contributed by atoms with E-state index in [4.69, 9.17) is 5.11 Å². The van der Waals surface area contributed by atoms with Gasteiger partial charge >= 0.3 is 5.97 Å². The summed E-state index contributed by atoms with van der Waals surface area (Å²) in [5.74, 6) is 0.0856. The molecular formula is C8H11BrN2O2. The van der Waals surface area contributed by atoms with E-state index in [1.165, 1.54) is 0 Å². The highest BCUT2D eigenvalue weighted by Gasteiger charge is 2.10. The third kappa shape index (κ3) is 2.30. The Hall–Kier alpha value is -0.840. The van der Waals surface area contributed by atoms with Crippen LogP contribution in [-0.4, -0.2) is 20.6 Å². The largest absolute Gasteiger partial charge is 0.481 e. The molecular weight excluding hydrogens is 236 g/mol. The van der Waals surface area contributed by atoms with E-state index < -0.39 is 5.97 Å². The highest BCUT2D eigenvalue weighted by molar-refractivity contribution is 9.10. The third-order valence-corrected chi connectivity index (χ3v) is 2.88. The van der Waals surface area contributed by atoms with Gasteiger partial charge in [-0.1, -0.05) is 0 Å². The van der Waals surface area contributed by atoms with Crippen molar-refractivity contribution in [3.63, 3.8) is 0 Å². The Morgan fingerprint density at radius 3 is 2.69 bits per heavy atom. The van der Waals surface area contributed by atoms with Crippen LogP contribution in [0, 0.1) is 6.92 Å². The van der Waals surface area contributed by atoms with Crippen molar-refractivity contribution in [2.75, 3.05) is 0 Å². The van der Waals surface area contributed by atoms with Crippen molar-refractivity contribution in [3.8, 4) is 0 Å². The van der Waals surface area contributed by atoms with Gasteiger partial charge in [0.1, 0.15) is 10.4 Å². The highest BCUT2D eigenvalue weighted by Crippen LogP contribution is 2.18. The Kier molecular flexibility index (Phi) is 3.08. The highest BCUT2D eigenvalue weighted by atomic mass is 79.9. The lowest BCUT2D eigenvalue weighted by molar-refractivity contribution is -0.136. The lowest BCUT2D eigenvalue weighted by atomic mass is 10.2. The van der Waals surface area contributed by atoms with Gasteiger partial charge in [-0.2, -0.15) is 0 Å². The molecule has 0 radical (unpaired) electrons. The summed E-state index contributed by atoms with van der Waals surface area (Å²) in [6, 6.07) is 0. The van der Waals surface area contributed by atoms with Crippen molar-refractivity contribution in [1.82, 2.24) is 9.55 Å². The number of imidazole rings is 1. The first-order valence-corrected chi connectivity index (χ1v) is 4.71. The van der Waals surface area contributed by atoms with Crippen molar-refractivity contribution in [2.24, 2.45) is 7.05 Å². The maximum atomic E-state index is 10.3. The first kappa shape index (κ1) is 10.2. The molecule has 0 unspecified atom stereocenters. The van der Waals surface area contributed by atoms with Crippen LogP contribution in [0.3, 0.4) is 0 Å². The average Bonchev–Trinajstić information content (AvgIpc) is 2.29. The van der Waals surface area contributed by atoms with Crippen LogP contribution >= 0.6 is 15.9 Å². The molecule has 0 spiro atoms. The van der Waals surface area contributed by atoms with E-state index in [1.54, 1.807) is 0 Å². The fraction of sp³-hybridized carbons (Fsp3) is 0.500. The van der Waals surface area contributed by atoms with E-state index >= 15 is 0 Å². The number of carboxylic acid groups (broad SMARTS) is 1. The summed E-state index contributed by atoms with van der Waals surface area (Å²) in [5, 5.41) is 8.49. The normalized spacial score (nSPS) is 10.4. The number of aryl methyl sites for hydroxylation is 2. The lowest BCUT2D eigenvalue weighted by Gasteiger charge is -1.96. The van der Waals surface area contributed by atoms with Gasteiger partial charge in [-0.15, -0.1) is 0 Å². The molecule has 0 bridgehead atoms. The molecule has 0 aliphatic carbocycles. The average molecular weight is 247 g/mol. The van der Waals surface area contributed by atoms with Crippen LogP contribution in [-0.2, 0) is 18.3 Å². The van der Waals surface area contributed by atoms with Crippen molar-refractivity contribution in [1.29, 1.82) is 0 Å². The van der Waals surface area contributed by atoms with E-state index in [0.29, 0.717) is 6.42 Å². The number of hydrogen-bond acceptors (Lipinski definition) is 2. The molecule has 0 amide bonds. The topological polar surface area (TPSA) is 55.1 Å². The first-order chi connectivity index (χ1) is 6.02. The molecule has 0 aromatic carbocycles. The molecule has 1 N–H and O–H groups in total. The molecule has 5 heteroatoms.